The van der Waals surface area contributed by atoms with Gasteiger partial charge in [-0.15, -0.1) is 0 Å². The number of fused-ring (bicyclic) bond motifs is 2. The Bertz CT molecular complexity index is 1010. The van der Waals surface area contributed by atoms with Gasteiger partial charge in [0.2, 0.25) is 5.91 Å². The first-order valence-electron chi connectivity index (χ1n) is 10.2. The van der Waals surface area contributed by atoms with Gasteiger partial charge in [0, 0.05) is 18.4 Å². The van der Waals surface area contributed by atoms with Crippen molar-refractivity contribution in [3.05, 3.63) is 70.8 Å². The topological polar surface area (TPSA) is 52.9 Å². The summed E-state index contributed by atoms with van der Waals surface area (Å²) in [4.78, 5) is 11.8. The Labute approximate surface area is 179 Å². The van der Waals surface area contributed by atoms with Crippen molar-refractivity contribution < 1.29 is 18.7 Å². The van der Waals surface area contributed by atoms with E-state index in [0.717, 1.165) is 42.2 Å². The Balaban J connectivity index is 1.88. The van der Waals surface area contributed by atoms with E-state index in [1.54, 1.807) is 0 Å². The number of carbonyl (C=O) groups excluding carboxylic acids is 1. The lowest BCUT2D eigenvalue weighted by Crippen LogP contribution is -2.49. The van der Waals surface area contributed by atoms with Crippen LogP contribution in [0.1, 0.15) is 49.8 Å². The molecule has 2 aromatic carbocycles. The monoisotopic (exact) mass is 430 g/mol. The first-order chi connectivity index (χ1) is 14.4. The second-order valence-corrected chi connectivity index (χ2v) is 9.06. The zero-order chi connectivity index (χ0) is 21.5. The first kappa shape index (κ1) is 21.0. The highest BCUT2D eigenvalue weighted by atomic mass is 32.2. The molecule has 1 aliphatic heterocycles. The summed E-state index contributed by atoms with van der Waals surface area (Å²) in [6.07, 6.45) is 2.18. The minimum atomic E-state index is -0.898. The third kappa shape index (κ3) is 3.44. The van der Waals surface area contributed by atoms with Gasteiger partial charge in [-0.3, -0.25) is 4.79 Å². The molecule has 1 amide bonds. The van der Waals surface area contributed by atoms with Gasteiger partial charge in [-0.2, -0.15) is 5.10 Å². The highest BCUT2D eigenvalue weighted by Crippen LogP contribution is 2.57. The molecule has 4 rings (SSSR count). The van der Waals surface area contributed by atoms with Crippen molar-refractivity contribution in [1.29, 1.82) is 0 Å². The number of aryl methyl sites for hydroxylation is 1. The van der Waals surface area contributed by atoms with Gasteiger partial charge >= 0.3 is 0 Å². The lowest BCUT2D eigenvalue weighted by Gasteiger charge is -2.46. The highest BCUT2D eigenvalue weighted by molar-refractivity contribution is 8.15. The molecule has 4 nitrogen and oxygen atoms in total. The lowest BCUT2D eigenvalue weighted by molar-refractivity contribution is -0.134. The molecule has 2 aromatic rings. The smallest absolute Gasteiger partial charge is 0.241 e. The van der Waals surface area contributed by atoms with Crippen LogP contribution in [0.2, 0.25) is 0 Å². The second-order valence-electron chi connectivity index (χ2n) is 7.85. The summed E-state index contributed by atoms with van der Waals surface area (Å²) in [6.45, 7) is 3.35. The molecule has 3 atom stereocenters. The molecule has 0 aromatic heterocycles. The van der Waals surface area contributed by atoms with E-state index in [9.17, 15) is 18.7 Å². The largest absolute Gasteiger partial charge is 0.393 e. The number of thioether (sulfide) groups is 1. The fourth-order valence-electron chi connectivity index (χ4n) is 4.48. The summed E-state index contributed by atoms with van der Waals surface area (Å²) in [6, 6.07) is 11.1. The van der Waals surface area contributed by atoms with E-state index in [2.05, 4.69) is 5.10 Å². The van der Waals surface area contributed by atoms with E-state index in [1.165, 1.54) is 23.7 Å². The average Bonchev–Trinajstić information content (AvgIpc) is 3.13. The molecule has 0 fully saturated rings. The van der Waals surface area contributed by atoms with E-state index in [0.29, 0.717) is 12.8 Å². The SMILES string of the molecule is CCC(O)CC1CCc2ccccc2C12SC(c1cc(F)ccc1F)=NN2C(C)=O. The molecule has 0 bridgehead atoms. The van der Waals surface area contributed by atoms with Crippen molar-refractivity contribution in [3.8, 4) is 0 Å². The van der Waals surface area contributed by atoms with Crippen LogP contribution >= 0.6 is 11.8 Å². The molecule has 1 spiro atoms. The average molecular weight is 431 g/mol. The highest BCUT2D eigenvalue weighted by Gasteiger charge is 2.55. The fraction of sp³-hybridized carbons (Fsp3) is 0.391. The number of nitrogens with zero attached hydrogens (tertiary/aromatic N) is 2. The van der Waals surface area contributed by atoms with Gasteiger partial charge in [0.05, 0.1) is 6.10 Å². The Morgan fingerprint density at radius 1 is 1.33 bits per heavy atom. The number of hydrogen-bond donors (Lipinski definition) is 1. The number of aliphatic hydroxyl groups is 1. The van der Waals surface area contributed by atoms with Crippen LogP contribution in [0.25, 0.3) is 0 Å². The van der Waals surface area contributed by atoms with Crippen molar-refractivity contribution in [2.24, 2.45) is 11.0 Å². The minimum Gasteiger partial charge on any atom is -0.393 e. The Hall–Kier alpha value is -2.25. The van der Waals surface area contributed by atoms with Crippen LogP contribution in [0.3, 0.4) is 0 Å². The van der Waals surface area contributed by atoms with Gasteiger partial charge in [-0.1, -0.05) is 43.0 Å². The van der Waals surface area contributed by atoms with E-state index >= 15 is 0 Å². The van der Waals surface area contributed by atoms with Crippen LogP contribution in [0, 0.1) is 17.6 Å². The molecule has 158 valence electrons. The maximum Gasteiger partial charge on any atom is 0.241 e. The summed E-state index contributed by atoms with van der Waals surface area (Å²) in [7, 11) is 0. The Kier molecular flexibility index (Phi) is 5.68. The van der Waals surface area contributed by atoms with E-state index in [1.807, 2.05) is 31.2 Å². The molecular weight excluding hydrogens is 406 g/mol. The molecule has 1 heterocycles. The number of aliphatic hydroxyl groups excluding tert-OH is 1. The second kappa shape index (κ2) is 8.12. The van der Waals surface area contributed by atoms with Crippen molar-refractivity contribution in [2.45, 2.75) is 50.5 Å². The van der Waals surface area contributed by atoms with Crippen LogP contribution in [0.5, 0.6) is 0 Å². The van der Waals surface area contributed by atoms with Crippen LogP contribution < -0.4 is 0 Å². The molecular formula is C23H24F2N2O2S. The summed E-state index contributed by atoms with van der Waals surface area (Å²) in [5.74, 6) is -1.51. The number of benzene rings is 2. The maximum absolute atomic E-state index is 14.6. The van der Waals surface area contributed by atoms with Gasteiger partial charge < -0.3 is 5.11 Å². The number of halogens is 2. The summed E-state index contributed by atoms with van der Waals surface area (Å²) in [5, 5.41) is 16.6. The molecule has 0 saturated carbocycles. The molecule has 7 heteroatoms. The molecule has 2 aliphatic rings. The van der Waals surface area contributed by atoms with Crippen LogP contribution in [0.15, 0.2) is 47.6 Å². The quantitative estimate of drug-likeness (QED) is 0.758. The molecule has 0 radical (unpaired) electrons. The predicted octanol–water partition coefficient (Wildman–Crippen LogP) is 4.80. The summed E-state index contributed by atoms with van der Waals surface area (Å²) in [5.41, 5.74) is 2.09. The molecule has 0 saturated heterocycles. The third-order valence-electron chi connectivity index (χ3n) is 5.96. The van der Waals surface area contributed by atoms with Crippen LogP contribution in [-0.2, 0) is 16.1 Å². The van der Waals surface area contributed by atoms with Crippen molar-refractivity contribution >= 4 is 22.7 Å². The number of hydrogen-bond acceptors (Lipinski definition) is 4. The van der Waals surface area contributed by atoms with Gasteiger partial charge in [0.25, 0.3) is 0 Å². The normalized spacial score (nSPS) is 24.0. The van der Waals surface area contributed by atoms with E-state index < -0.39 is 22.6 Å². The number of amides is 1. The van der Waals surface area contributed by atoms with Gasteiger partial charge in [-0.25, -0.2) is 13.8 Å². The predicted molar refractivity (Wildman–Crippen MR) is 114 cm³/mol. The maximum atomic E-state index is 14.6. The van der Waals surface area contributed by atoms with E-state index in [-0.39, 0.29) is 22.4 Å². The molecule has 1 N–H and O–H groups in total. The van der Waals surface area contributed by atoms with Gasteiger partial charge in [0.15, 0.2) is 0 Å². The number of hydrazone groups is 1. The summed E-state index contributed by atoms with van der Waals surface area (Å²) < 4.78 is 28.4. The third-order valence-corrected chi connectivity index (χ3v) is 7.49. The zero-order valence-electron chi connectivity index (χ0n) is 16.9. The molecule has 3 unspecified atom stereocenters. The first-order valence-corrected chi connectivity index (χ1v) is 11.0. The fourth-order valence-corrected chi connectivity index (χ4v) is 6.11. The standard InChI is InChI=1S/C23H24F2N2O2S/c1-3-18(29)12-16-9-8-15-6-4-5-7-20(15)23(16)27(14(2)28)26-22(30-23)19-13-17(24)10-11-21(19)25/h4-7,10-11,13,16,18,29H,3,8-9,12H2,1-2H3. The zero-order valence-corrected chi connectivity index (χ0v) is 17.8. The Morgan fingerprint density at radius 2 is 2.10 bits per heavy atom. The van der Waals surface area contributed by atoms with Crippen molar-refractivity contribution in [2.75, 3.05) is 0 Å². The van der Waals surface area contributed by atoms with Gasteiger partial charge in [0.1, 0.15) is 21.5 Å². The van der Waals surface area contributed by atoms with Crippen molar-refractivity contribution in [3.63, 3.8) is 0 Å². The van der Waals surface area contributed by atoms with Crippen LogP contribution in [-0.4, -0.2) is 27.2 Å². The van der Waals surface area contributed by atoms with E-state index in [4.69, 9.17) is 0 Å². The minimum absolute atomic E-state index is 0.0426. The van der Waals surface area contributed by atoms with Gasteiger partial charge in [-0.05, 0) is 55.0 Å². The van der Waals surface area contributed by atoms with Crippen molar-refractivity contribution in [1.82, 2.24) is 5.01 Å². The Morgan fingerprint density at radius 3 is 2.83 bits per heavy atom. The van der Waals surface area contributed by atoms with Crippen LogP contribution in [0.4, 0.5) is 8.78 Å². The molecule has 1 aliphatic carbocycles. The number of carbonyl (C=O) groups is 1. The number of rotatable bonds is 4. The summed E-state index contributed by atoms with van der Waals surface area (Å²) >= 11 is 1.29. The lowest BCUT2D eigenvalue weighted by atomic mass is 9.76. The molecule has 30 heavy (non-hydrogen) atoms.